The van der Waals surface area contributed by atoms with Crippen molar-refractivity contribution in [1.82, 2.24) is 20.3 Å². The molecule has 53 heavy (non-hydrogen) atoms. The number of benzene rings is 6. The van der Waals surface area contributed by atoms with Gasteiger partial charge in [-0.1, -0.05) is 146 Å². The van der Waals surface area contributed by atoms with Crippen LogP contribution in [0.4, 0.5) is 11.4 Å². The van der Waals surface area contributed by atoms with Gasteiger partial charge in [0.2, 0.25) is 0 Å². The van der Waals surface area contributed by atoms with E-state index in [1.54, 1.807) is 0 Å². The Hall–Kier alpha value is -7.05. The van der Waals surface area contributed by atoms with E-state index in [1.807, 2.05) is 48.7 Å². The third-order valence-corrected chi connectivity index (χ3v) is 10.2. The summed E-state index contributed by atoms with van der Waals surface area (Å²) in [7, 11) is 0. The smallest absolute Gasteiger partial charge is 0.160 e. The molecule has 0 amide bonds. The lowest BCUT2D eigenvalue weighted by Crippen LogP contribution is -2.35. The number of anilines is 2. The summed E-state index contributed by atoms with van der Waals surface area (Å²) >= 11 is 0. The predicted molar refractivity (Wildman–Crippen MR) is 217 cm³/mol. The Labute approximate surface area is 307 Å². The van der Waals surface area contributed by atoms with Gasteiger partial charge in [0.25, 0.3) is 0 Å². The molecule has 252 valence electrons. The third kappa shape index (κ3) is 5.49. The van der Waals surface area contributed by atoms with Gasteiger partial charge >= 0.3 is 0 Å². The summed E-state index contributed by atoms with van der Waals surface area (Å²) < 4.78 is 0. The largest absolute Gasteiger partial charge is 0.368 e. The molecule has 1 atom stereocenters. The first-order valence-electron chi connectivity index (χ1n) is 18.0. The summed E-state index contributed by atoms with van der Waals surface area (Å²) in [5.41, 5.74) is 11.6. The van der Waals surface area contributed by atoms with Gasteiger partial charge in [-0.15, -0.1) is 0 Å². The maximum absolute atomic E-state index is 5.02. The van der Waals surface area contributed by atoms with Gasteiger partial charge in [-0.3, -0.25) is 4.98 Å². The fraction of sp³-hybridized carbons (Fsp3) is 0.0426. The maximum Gasteiger partial charge on any atom is 0.160 e. The molecule has 0 radical (unpaired) electrons. The minimum atomic E-state index is -0.115. The zero-order chi connectivity index (χ0) is 35.1. The number of aromatic nitrogens is 3. The predicted octanol–water partition coefficient (Wildman–Crippen LogP) is 10.8. The van der Waals surface area contributed by atoms with Gasteiger partial charge in [-0.25, -0.2) is 9.97 Å². The van der Waals surface area contributed by atoms with Crippen molar-refractivity contribution in [2.75, 3.05) is 16.8 Å². The Bertz CT molecular complexity index is 2630. The Morgan fingerprint density at radius 2 is 1.17 bits per heavy atom. The van der Waals surface area contributed by atoms with E-state index >= 15 is 0 Å². The minimum Gasteiger partial charge on any atom is -0.368 e. The van der Waals surface area contributed by atoms with Crippen molar-refractivity contribution in [2.24, 2.45) is 0 Å². The van der Waals surface area contributed by atoms with Gasteiger partial charge in [-0.05, 0) is 41.0 Å². The Balaban J connectivity index is 0.996. The van der Waals surface area contributed by atoms with E-state index < -0.39 is 0 Å². The van der Waals surface area contributed by atoms with Crippen molar-refractivity contribution in [3.05, 3.63) is 187 Å². The molecule has 2 N–H and O–H groups in total. The highest BCUT2D eigenvalue weighted by molar-refractivity contribution is 6.20. The quantitative estimate of drug-likeness (QED) is 0.170. The van der Waals surface area contributed by atoms with Gasteiger partial charge in [0.1, 0.15) is 12.0 Å². The zero-order valence-electron chi connectivity index (χ0n) is 28.8. The first kappa shape index (κ1) is 30.7. The Morgan fingerprint density at radius 3 is 1.87 bits per heavy atom. The number of hydrogen-bond donors (Lipinski definition) is 2. The van der Waals surface area contributed by atoms with E-state index in [9.17, 15) is 0 Å². The Kier molecular flexibility index (Phi) is 7.50. The number of rotatable bonds is 6. The molecular formula is C47H34N6. The first-order valence-corrected chi connectivity index (χ1v) is 18.0. The summed E-state index contributed by atoms with van der Waals surface area (Å²) in [5, 5.41) is 11.0. The van der Waals surface area contributed by atoms with Crippen molar-refractivity contribution in [3.8, 4) is 45.0 Å². The van der Waals surface area contributed by atoms with Gasteiger partial charge in [-0.2, -0.15) is 0 Å². The van der Waals surface area contributed by atoms with Crippen LogP contribution < -0.4 is 15.5 Å². The van der Waals surface area contributed by atoms with Crippen molar-refractivity contribution < 1.29 is 0 Å². The van der Waals surface area contributed by atoms with E-state index in [0.29, 0.717) is 5.82 Å². The number of pyridine rings is 1. The van der Waals surface area contributed by atoms with Gasteiger partial charge in [0.15, 0.2) is 5.82 Å². The molecule has 0 spiro atoms. The molecule has 6 aromatic carbocycles. The standard InChI is InChI=1S/C47H34N6/c1-3-12-33(13-4-1)40-30-41(51-46(50-40)35-14-5-2-6-15-35)34-24-20-31(21-25-34)32-22-26-36(27-23-32)47-52-44-39-18-11-29-49-43(39)37-16-7-8-17-38(37)45(44)53(47)42-19-9-10-28-48-42/h1-27,29-30,47-48,52H,28H2. The first-order chi connectivity index (χ1) is 26.3. The molecule has 6 nitrogen and oxygen atoms in total. The zero-order valence-corrected chi connectivity index (χ0v) is 28.8. The number of hydrogen-bond acceptors (Lipinski definition) is 6. The van der Waals surface area contributed by atoms with Gasteiger partial charge < -0.3 is 15.5 Å². The molecule has 2 aliphatic heterocycles. The topological polar surface area (TPSA) is 66.0 Å². The number of nitrogens with one attached hydrogen (secondary N) is 2. The van der Waals surface area contributed by atoms with Crippen LogP contribution in [0, 0.1) is 0 Å². The molecule has 0 saturated carbocycles. The molecular weight excluding hydrogens is 649 g/mol. The Morgan fingerprint density at radius 1 is 0.566 bits per heavy atom. The van der Waals surface area contributed by atoms with Crippen LogP contribution >= 0.6 is 0 Å². The van der Waals surface area contributed by atoms with Crippen LogP contribution in [0.1, 0.15) is 11.7 Å². The molecule has 2 aliphatic rings. The van der Waals surface area contributed by atoms with E-state index in [1.165, 1.54) is 10.9 Å². The second-order valence-electron chi connectivity index (χ2n) is 13.3. The number of allylic oxidation sites excluding steroid dienone is 2. The summed E-state index contributed by atoms with van der Waals surface area (Å²) in [5.74, 6) is 1.78. The average molecular weight is 683 g/mol. The SMILES string of the molecule is C1=CCNC(N2c3c(c4cccnc4c4ccccc34)NC2c2ccc(-c3ccc(-c4cc(-c5ccccc5)nc(-c5ccccc5)n4)cc3)cc2)=C1. The number of dihydropyridines is 1. The fourth-order valence-corrected chi connectivity index (χ4v) is 7.57. The highest BCUT2D eigenvalue weighted by atomic mass is 15.4. The second kappa shape index (κ2) is 12.9. The number of nitrogens with zero attached hydrogens (tertiary/aromatic N) is 4. The van der Waals surface area contributed by atoms with Crippen LogP contribution in [0.2, 0.25) is 0 Å². The maximum atomic E-state index is 5.02. The molecule has 0 saturated heterocycles. The lowest BCUT2D eigenvalue weighted by molar-refractivity contribution is 0.721. The summed E-state index contributed by atoms with van der Waals surface area (Å²) in [6.45, 7) is 0.780. The molecule has 6 heteroatoms. The fourth-order valence-electron chi connectivity index (χ4n) is 7.57. The van der Waals surface area contributed by atoms with Crippen LogP contribution in [-0.2, 0) is 0 Å². The highest BCUT2D eigenvalue weighted by Gasteiger charge is 2.36. The molecule has 0 bridgehead atoms. The molecule has 8 aromatic rings. The average Bonchev–Trinajstić information content (AvgIpc) is 3.66. The van der Waals surface area contributed by atoms with Crippen LogP contribution in [-0.4, -0.2) is 21.5 Å². The van der Waals surface area contributed by atoms with Crippen LogP contribution in [0.3, 0.4) is 0 Å². The van der Waals surface area contributed by atoms with Crippen molar-refractivity contribution in [2.45, 2.75) is 6.17 Å². The molecule has 0 fully saturated rings. The monoisotopic (exact) mass is 682 g/mol. The molecule has 10 rings (SSSR count). The molecule has 4 heterocycles. The van der Waals surface area contributed by atoms with Crippen molar-refractivity contribution >= 4 is 33.1 Å². The summed E-state index contributed by atoms with van der Waals surface area (Å²) in [6.07, 6.45) is 8.20. The van der Waals surface area contributed by atoms with Crippen LogP contribution in [0.25, 0.3) is 66.7 Å². The van der Waals surface area contributed by atoms with Crippen LogP contribution in [0.5, 0.6) is 0 Å². The lowest BCUT2D eigenvalue weighted by atomic mass is 10.00. The number of fused-ring (bicyclic) bond motifs is 6. The van der Waals surface area contributed by atoms with E-state index in [2.05, 4.69) is 143 Å². The highest BCUT2D eigenvalue weighted by Crippen LogP contribution is 2.51. The summed E-state index contributed by atoms with van der Waals surface area (Å²) in [6, 6.07) is 52.9. The summed E-state index contributed by atoms with van der Waals surface area (Å²) in [4.78, 5) is 17.2. The normalized spacial score (nSPS) is 14.8. The van der Waals surface area contributed by atoms with Crippen LogP contribution in [0.15, 0.2) is 182 Å². The molecule has 2 aromatic heterocycles. The molecule has 0 aliphatic carbocycles. The van der Waals surface area contributed by atoms with Crippen molar-refractivity contribution in [3.63, 3.8) is 0 Å². The minimum absolute atomic E-state index is 0.115. The van der Waals surface area contributed by atoms with E-state index in [-0.39, 0.29) is 6.17 Å². The molecule has 1 unspecified atom stereocenters. The van der Waals surface area contributed by atoms with E-state index in [4.69, 9.17) is 15.0 Å². The van der Waals surface area contributed by atoms with E-state index in [0.717, 1.165) is 79.2 Å². The second-order valence-corrected chi connectivity index (χ2v) is 13.3. The van der Waals surface area contributed by atoms with Crippen molar-refractivity contribution in [1.29, 1.82) is 0 Å². The lowest BCUT2D eigenvalue weighted by Gasteiger charge is -2.31. The van der Waals surface area contributed by atoms with Gasteiger partial charge in [0, 0.05) is 45.6 Å². The van der Waals surface area contributed by atoms with Gasteiger partial charge in [0.05, 0.1) is 28.3 Å². The third-order valence-electron chi connectivity index (χ3n) is 10.2.